The molecular weight excluding hydrogens is 368 g/mol. The molecule has 1 aromatic carbocycles. The molecule has 0 radical (unpaired) electrons. The van der Waals surface area contributed by atoms with Crippen LogP contribution >= 0.6 is 0 Å². The molecule has 2 N–H and O–H groups in total. The minimum Gasteiger partial charge on any atom is -0.326 e. The fourth-order valence-corrected chi connectivity index (χ4v) is 4.93. The molecule has 0 bridgehead atoms. The van der Waals surface area contributed by atoms with Crippen molar-refractivity contribution in [2.24, 2.45) is 11.8 Å². The Balaban J connectivity index is 1.31. The SMILES string of the molecule is C[C@H]1CCCC[C@@]12NC(=O)N(CN1CCC(C(=O)Nc3ccccc3)CC1)C2=O. The number of urea groups is 1. The molecule has 3 aliphatic rings. The number of hydrogen-bond acceptors (Lipinski definition) is 4. The highest BCUT2D eigenvalue weighted by Gasteiger charge is 2.55. The molecule has 7 nitrogen and oxygen atoms in total. The van der Waals surface area contributed by atoms with Crippen LogP contribution in [-0.2, 0) is 9.59 Å². The van der Waals surface area contributed by atoms with E-state index in [-0.39, 0.29) is 29.7 Å². The maximum atomic E-state index is 13.1. The first kappa shape index (κ1) is 19.9. The lowest BCUT2D eigenvalue weighted by Crippen LogP contribution is -2.54. The van der Waals surface area contributed by atoms with Crippen molar-refractivity contribution in [1.29, 1.82) is 0 Å². The fourth-order valence-electron chi connectivity index (χ4n) is 4.93. The third kappa shape index (κ3) is 3.88. The minimum atomic E-state index is -0.705. The number of piperidine rings is 1. The number of carbonyl (C=O) groups is 3. The smallest absolute Gasteiger partial charge is 0.326 e. The fraction of sp³-hybridized carbons (Fsp3) is 0.591. The number of hydrogen-bond donors (Lipinski definition) is 2. The van der Waals surface area contributed by atoms with Gasteiger partial charge in [0.1, 0.15) is 5.54 Å². The van der Waals surface area contributed by atoms with Crippen molar-refractivity contribution in [1.82, 2.24) is 15.1 Å². The van der Waals surface area contributed by atoms with E-state index in [4.69, 9.17) is 0 Å². The lowest BCUT2D eigenvalue weighted by atomic mass is 9.73. The Hall–Kier alpha value is -2.41. The van der Waals surface area contributed by atoms with Crippen LogP contribution in [0.3, 0.4) is 0 Å². The lowest BCUT2D eigenvalue weighted by molar-refractivity contribution is -0.136. The zero-order valence-electron chi connectivity index (χ0n) is 17.0. The summed E-state index contributed by atoms with van der Waals surface area (Å²) in [4.78, 5) is 41.7. The highest BCUT2D eigenvalue weighted by atomic mass is 16.2. The molecule has 2 heterocycles. The molecule has 2 atom stereocenters. The summed E-state index contributed by atoms with van der Waals surface area (Å²) in [6, 6.07) is 9.21. The van der Waals surface area contributed by atoms with Gasteiger partial charge in [0, 0.05) is 24.7 Å². The third-order valence-electron chi connectivity index (χ3n) is 6.84. The second kappa shape index (κ2) is 8.14. The minimum absolute atomic E-state index is 0.0423. The van der Waals surface area contributed by atoms with Crippen LogP contribution in [0.1, 0.15) is 45.4 Å². The van der Waals surface area contributed by atoms with Crippen molar-refractivity contribution < 1.29 is 14.4 Å². The summed E-state index contributed by atoms with van der Waals surface area (Å²) in [6.45, 7) is 3.78. The predicted octanol–water partition coefficient (Wildman–Crippen LogP) is 2.80. The number of para-hydroxylation sites is 1. The van der Waals surface area contributed by atoms with E-state index in [2.05, 4.69) is 22.5 Å². The van der Waals surface area contributed by atoms with Crippen LogP contribution in [0, 0.1) is 11.8 Å². The van der Waals surface area contributed by atoms with E-state index in [1.165, 1.54) is 4.90 Å². The largest absolute Gasteiger partial charge is 0.326 e. The summed E-state index contributed by atoms with van der Waals surface area (Å²) in [5.41, 5.74) is 0.106. The number of rotatable bonds is 4. The number of anilines is 1. The summed E-state index contributed by atoms with van der Waals surface area (Å²) in [5, 5.41) is 5.98. The maximum Gasteiger partial charge on any atom is 0.326 e. The lowest BCUT2D eigenvalue weighted by Gasteiger charge is -2.37. The Bertz CT molecular complexity index is 776. The highest BCUT2D eigenvalue weighted by Crippen LogP contribution is 2.38. The molecule has 1 aliphatic carbocycles. The van der Waals surface area contributed by atoms with Crippen LogP contribution in [0.2, 0.25) is 0 Å². The molecule has 1 aromatic rings. The Labute approximate surface area is 171 Å². The van der Waals surface area contributed by atoms with Gasteiger partial charge in [-0.05, 0) is 43.7 Å². The quantitative estimate of drug-likeness (QED) is 0.764. The summed E-state index contributed by atoms with van der Waals surface area (Å²) in [6.07, 6.45) is 5.25. The van der Waals surface area contributed by atoms with Gasteiger partial charge in [-0.2, -0.15) is 0 Å². The van der Waals surface area contributed by atoms with Crippen LogP contribution in [-0.4, -0.2) is 52.9 Å². The van der Waals surface area contributed by atoms with Gasteiger partial charge in [0.2, 0.25) is 5.91 Å². The molecule has 0 aromatic heterocycles. The summed E-state index contributed by atoms with van der Waals surface area (Å²) >= 11 is 0. The van der Waals surface area contributed by atoms with Gasteiger partial charge in [-0.15, -0.1) is 0 Å². The topological polar surface area (TPSA) is 81.8 Å². The molecule has 156 valence electrons. The summed E-state index contributed by atoms with van der Waals surface area (Å²) in [7, 11) is 0. The van der Waals surface area contributed by atoms with Gasteiger partial charge < -0.3 is 10.6 Å². The third-order valence-corrected chi connectivity index (χ3v) is 6.84. The average molecular weight is 399 g/mol. The Morgan fingerprint density at radius 3 is 2.55 bits per heavy atom. The van der Waals surface area contributed by atoms with E-state index < -0.39 is 5.54 Å². The van der Waals surface area contributed by atoms with Gasteiger partial charge in [-0.1, -0.05) is 38.0 Å². The molecule has 7 heteroatoms. The summed E-state index contributed by atoms with van der Waals surface area (Å²) < 4.78 is 0. The van der Waals surface area contributed by atoms with Crippen molar-refractivity contribution in [3.05, 3.63) is 30.3 Å². The van der Waals surface area contributed by atoms with Crippen molar-refractivity contribution in [2.45, 2.75) is 51.0 Å². The molecule has 4 amide bonds. The second-order valence-corrected chi connectivity index (χ2v) is 8.67. The Kier molecular flexibility index (Phi) is 5.58. The molecule has 1 saturated carbocycles. The molecule has 29 heavy (non-hydrogen) atoms. The van der Waals surface area contributed by atoms with E-state index in [1.54, 1.807) is 0 Å². The van der Waals surface area contributed by atoms with Crippen molar-refractivity contribution in [2.75, 3.05) is 25.1 Å². The van der Waals surface area contributed by atoms with Crippen LogP contribution in [0.5, 0.6) is 0 Å². The first-order valence-corrected chi connectivity index (χ1v) is 10.7. The first-order chi connectivity index (χ1) is 14.0. The van der Waals surface area contributed by atoms with Gasteiger partial charge in [0.05, 0.1) is 6.67 Å². The normalized spacial score (nSPS) is 28.6. The number of nitrogens with zero attached hydrogens (tertiary/aromatic N) is 2. The van der Waals surface area contributed by atoms with Crippen LogP contribution in [0.4, 0.5) is 10.5 Å². The van der Waals surface area contributed by atoms with Crippen molar-refractivity contribution in [3.8, 4) is 0 Å². The van der Waals surface area contributed by atoms with E-state index in [9.17, 15) is 14.4 Å². The van der Waals surface area contributed by atoms with Gasteiger partial charge in [0.25, 0.3) is 5.91 Å². The molecule has 1 spiro atoms. The number of amides is 4. The number of imide groups is 1. The zero-order valence-corrected chi connectivity index (χ0v) is 17.0. The second-order valence-electron chi connectivity index (χ2n) is 8.67. The summed E-state index contributed by atoms with van der Waals surface area (Å²) in [5.74, 6) is 0.101. The first-order valence-electron chi connectivity index (χ1n) is 10.7. The monoisotopic (exact) mass is 398 g/mol. The number of benzene rings is 1. The van der Waals surface area contributed by atoms with E-state index >= 15 is 0 Å². The van der Waals surface area contributed by atoms with E-state index in [0.717, 1.165) is 44.2 Å². The number of carbonyl (C=O) groups excluding carboxylic acids is 3. The van der Waals surface area contributed by atoms with Crippen LogP contribution in [0.15, 0.2) is 30.3 Å². The van der Waals surface area contributed by atoms with Gasteiger partial charge in [0.15, 0.2) is 0 Å². The predicted molar refractivity (Wildman–Crippen MR) is 110 cm³/mol. The standard InChI is InChI=1S/C22H30N4O3/c1-16-7-5-6-12-22(16)20(28)26(21(29)24-22)15-25-13-10-17(11-14-25)19(27)23-18-8-3-2-4-9-18/h2-4,8-9,16-17H,5-7,10-15H2,1H3,(H,23,27)(H,24,29)/t16-,22+/m0/s1. The molecule has 3 fully saturated rings. The van der Waals surface area contributed by atoms with Gasteiger partial charge in [-0.25, -0.2) is 9.69 Å². The van der Waals surface area contributed by atoms with E-state index in [1.807, 2.05) is 30.3 Å². The van der Waals surface area contributed by atoms with Crippen molar-refractivity contribution >= 4 is 23.5 Å². The van der Waals surface area contributed by atoms with Crippen LogP contribution < -0.4 is 10.6 Å². The highest BCUT2D eigenvalue weighted by molar-refractivity contribution is 6.07. The Morgan fingerprint density at radius 2 is 1.86 bits per heavy atom. The van der Waals surface area contributed by atoms with Crippen LogP contribution in [0.25, 0.3) is 0 Å². The van der Waals surface area contributed by atoms with Gasteiger partial charge in [-0.3, -0.25) is 14.5 Å². The molecule has 2 aliphatic heterocycles. The van der Waals surface area contributed by atoms with Gasteiger partial charge >= 0.3 is 6.03 Å². The maximum absolute atomic E-state index is 13.1. The molecule has 2 saturated heterocycles. The molecular formula is C22H30N4O3. The Morgan fingerprint density at radius 1 is 1.14 bits per heavy atom. The number of likely N-dealkylation sites (tertiary alicyclic amines) is 1. The molecule has 4 rings (SSSR count). The molecule has 0 unspecified atom stereocenters. The van der Waals surface area contributed by atoms with Crippen molar-refractivity contribution in [3.63, 3.8) is 0 Å². The average Bonchev–Trinajstić information content (AvgIpc) is 2.96. The number of nitrogens with one attached hydrogen (secondary N) is 2. The van der Waals surface area contributed by atoms with E-state index in [0.29, 0.717) is 19.8 Å². The zero-order chi connectivity index (χ0) is 20.4.